The molecule has 3 aromatic rings. The predicted octanol–water partition coefficient (Wildman–Crippen LogP) is 3.69. The van der Waals surface area contributed by atoms with E-state index in [2.05, 4.69) is 21.2 Å². The number of aliphatic hydroxyl groups is 2. The van der Waals surface area contributed by atoms with Gasteiger partial charge in [-0.15, -0.1) is 0 Å². The number of hydrogen-bond acceptors (Lipinski definition) is 6. The average molecular weight is 493 g/mol. The fraction of sp³-hybridized carbons (Fsp3) is 0.318. The van der Waals surface area contributed by atoms with Gasteiger partial charge in [0.2, 0.25) is 0 Å². The third kappa shape index (κ3) is 3.16. The van der Waals surface area contributed by atoms with Gasteiger partial charge in [0.25, 0.3) is 0 Å². The van der Waals surface area contributed by atoms with Gasteiger partial charge in [-0.1, -0.05) is 33.6 Å². The van der Waals surface area contributed by atoms with Gasteiger partial charge >= 0.3 is 0 Å². The van der Waals surface area contributed by atoms with Crippen LogP contribution in [0.5, 0.6) is 5.75 Å². The van der Waals surface area contributed by atoms with E-state index in [1.165, 1.54) is 6.07 Å². The number of para-hydroxylation sites is 1. The molecule has 2 aliphatic carbocycles. The SMILES string of the molecule is O=c1cc(-c2ccc(Br)cc2OCCNC23CC2(C(O)O)C3)oc2c(Cl)cccc12. The molecule has 156 valence electrons. The zero-order chi connectivity index (χ0) is 21.1. The zero-order valence-electron chi connectivity index (χ0n) is 15.8. The molecule has 0 atom stereocenters. The van der Waals surface area contributed by atoms with Crippen molar-refractivity contribution < 1.29 is 19.4 Å². The van der Waals surface area contributed by atoms with Crippen LogP contribution in [0.1, 0.15) is 12.8 Å². The molecule has 0 bridgehead atoms. The lowest BCUT2D eigenvalue weighted by Crippen LogP contribution is -2.28. The molecule has 8 heteroatoms. The third-order valence-electron chi connectivity index (χ3n) is 6.17. The number of fused-ring (bicyclic) bond motifs is 2. The van der Waals surface area contributed by atoms with E-state index < -0.39 is 6.29 Å². The first-order chi connectivity index (χ1) is 14.4. The summed E-state index contributed by atoms with van der Waals surface area (Å²) < 4.78 is 12.8. The van der Waals surface area contributed by atoms with Gasteiger partial charge in [0.1, 0.15) is 18.1 Å². The number of aliphatic hydroxyl groups excluding tert-OH is 1. The molecule has 0 amide bonds. The number of ether oxygens (including phenoxy) is 1. The van der Waals surface area contributed by atoms with Crippen molar-refractivity contribution in [1.29, 1.82) is 0 Å². The molecular formula is C22H19BrClNO5. The van der Waals surface area contributed by atoms with Gasteiger partial charge in [-0.25, -0.2) is 0 Å². The molecule has 2 saturated carbocycles. The Labute approximate surface area is 185 Å². The third-order valence-corrected chi connectivity index (χ3v) is 6.96. The van der Waals surface area contributed by atoms with Crippen LogP contribution in [0.15, 0.2) is 56.1 Å². The molecule has 6 nitrogen and oxygen atoms in total. The summed E-state index contributed by atoms with van der Waals surface area (Å²) in [5.74, 6) is 0.944. The van der Waals surface area contributed by atoms with E-state index in [9.17, 15) is 15.0 Å². The van der Waals surface area contributed by atoms with E-state index in [0.29, 0.717) is 46.2 Å². The topological polar surface area (TPSA) is 91.9 Å². The Hall–Kier alpha value is -1.90. The number of hydrogen-bond donors (Lipinski definition) is 3. The number of nitrogens with one attached hydrogen (secondary N) is 1. The predicted molar refractivity (Wildman–Crippen MR) is 117 cm³/mol. The first kappa shape index (κ1) is 20.0. The average Bonchev–Trinajstić information content (AvgIpc) is 3.53. The van der Waals surface area contributed by atoms with Gasteiger partial charge in [-0.3, -0.25) is 4.79 Å². The Kier molecular flexibility index (Phi) is 4.72. The summed E-state index contributed by atoms with van der Waals surface area (Å²) in [6.07, 6.45) is 0.288. The van der Waals surface area contributed by atoms with Crippen molar-refractivity contribution in [3.05, 3.63) is 62.2 Å². The molecule has 1 heterocycles. The zero-order valence-corrected chi connectivity index (χ0v) is 18.2. The Morgan fingerprint density at radius 3 is 2.77 bits per heavy atom. The van der Waals surface area contributed by atoms with Crippen LogP contribution in [-0.2, 0) is 0 Å². The molecule has 0 radical (unpaired) electrons. The first-order valence-electron chi connectivity index (χ1n) is 9.62. The standard InChI is InChI=1S/C22H19BrClNO5/c23-12-4-5-14(18-9-16(26)13-2-1-3-15(24)19(13)30-18)17(8-12)29-7-6-25-22-10-21(22,11-22)20(27)28/h1-5,8-9,20,25,27-28H,6-7,10-11H2. The molecule has 0 unspecified atom stereocenters. The highest BCUT2D eigenvalue weighted by Crippen LogP contribution is 2.79. The molecule has 1 aromatic heterocycles. The highest BCUT2D eigenvalue weighted by molar-refractivity contribution is 9.10. The Morgan fingerprint density at radius 2 is 2.03 bits per heavy atom. The lowest BCUT2D eigenvalue weighted by molar-refractivity contribution is -0.0760. The molecule has 5 rings (SSSR count). The molecule has 2 aliphatic rings. The molecule has 2 fully saturated rings. The van der Waals surface area contributed by atoms with Crippen LogP contribution in [0.2, 0.25) is 5.02 Å². The summed E-state index contributed by atoms with van der Waals surface area (Å²) in [6.45, 7) is 0.940. The summed E-state index contributed by atoms with van der Waals surface area (Å²) in [6, 6.07) is 12.0. The van der Waals surface area contributed by atoms with Crippen molar-refractivity contribution in [1.82, 2.24) is 5.32 Å². The summed E-state index contributed by atoms with van der Waals surface area (Å²) in [7, 11) is 0. The lowest BCUT2D eigenvalue weighted by Gasteiger charge is -2.13. The smallest absolute Gasteiger partial charge is 0.193 e. The van der Waals surface area contributed by atoms with Gasteiger partial charge in [-0.2, -0.15) is 0 Å². The molecule has 2 aromatic carbocycles. The van der Waals surface area contributed by atoms with Crippen LogP contribution >= 0.6 is 27.5 Å². The number of benzene rings is 2. The molecule has 0 aliphatic heterocycles. The maximum atomic E-state index is 12.6. The molecule has 0 spiro atoms. The van der Waals surface area contributed by atoms with Crippen LogP contribution in [0, 0.1) is 5.41 Å². The van der Waals surface area contributed by atoms with Crippen LogP contribution in [0.25, 0.3) is 22.3 Å². The Balaban J connectivity index is 1.36. The van der Waals surface area contributed by atoms with E-state index in [0.717, 1.165) is 17.3 Å². The van der Waals surface area contributed by atoms with Crippen molar-refractivity contribution in [2.75, 3.05) is 13.2 Å². The minimum absolute atomic E-state index is 0.146. The summed E-state index contributed by atoms with van der Waals surface area (Å²) in [5, 5.41) is 23.0. The monoisotopic (exact) mass is 491 g/mol. The largest absolute Gasteiger partial charge is 0.491 e. The molecule has 3 N–H and O–H groups in total. The van der Waals surface area contributed by atoms with Crippen molar-refractivity contribution in [3.63, 3.8) is 0 Å². The summed E-state index contributed by atoms with van der Waals surface area (Å²) in [4.78, 5) is 12.6. The van der Waals surface area contributed by atoms with Gasteiger partial charge in [0.05, 0.1) is 16.0 Å². The van der Waals surface area contributed by atoms with Crippen LogP contribution in [0.4, 0.5) is 0 Å². The van der Waals surface area contributed by atoms with E-state index >= 15 is 0 Å². The van der Waals surface area contributed by atoms with Gasteiger partial charge in [0, 0.05) is 28.0 Å². The molecule has 30 heavy (non-hydrogen) atoms. The fourth-order valence-electron chi connectivity index (χ4n) is 4.21. The maximum Gasteiger partial charge on any atom is 0.193 e. The Bertz CT molecular complexity index is 1200. The van der Waals surface area contributed by atoms with Gasteiger partial charge in [0.15, 0.2) is 17.3 Å². The van der Waals surface area contributed by atoms with Crippen molar-refractivity contribution in [2.45, 2.75) is 24.7 Å². The normalized spacial score (nSPS) is 24.2. The number of rotatable bonds is 7. The van der Waals surface area contributed by atoms with Crippen LogP contribution in [0.3, 0.4) is 0 Å². The summed E-state index contributed by atoms with van der Waals surface area (Å²) >= 11 is 9.68. The second kappa shape index (κ2) is 7.07. The minimum Gasteiger partial charge on any atom is -0.491 e. The summed E-state index contributed by atoms with van der Waals surface area (Å²) in [5.41, 5.74) is 0.310. The van der Waals surface area contributed by atoms with E-state index in [1.807, 2.05) is 18.2 Å². The fourth-order valence-corrected chi connectivity index (χ4v) is 4.77. The highest BCUT2D eigenvalue weighted by atomic mass is 79.9. The second-order valence-corrected chi connectivity index (χ2v) is 9.30. The maximum absolute atomic E-state index is 12.6. The van der Waals surface area contributed by atoms with Crippen LogP contribution in [-0.4, -0.2) is 35.2 Å². The Morgan fingerprint density at radius 1 is 1.23 bits per heavy atom. The minimum atomic E-state index is -1.27. The quantitative estimate of drug-likeness (QED) is 0.344. The van der Waals surface area contributed by atoms with Crippen molar-refractivity contribution in [2.24, 2.45) is 5.41 Å². The van der Waals surface area contributed by atoms with E-state index in [1.54, 1.807) is 18.2 Å². The highest BCUT2D eigenvalue weighted by Gasteiger charge is 2.86. The van der Waals surface area contributed by atoms with Crippen molar-refractivity contribution >= 4 is 38.5 Å². The lowest BCUT2D eigenvalue weighted by atomic mass is 10.1. The number of halogens is 2. The van der Waals surface area contributed by atoms with E-state index in [4.69, 9.17) is 20.8 Å². The van der Waals surface area contributed by atoms with Gasteiger partial charge < -0.3 is 24.7 Å². The van der Waals surface area contributed by atoms with Crippen molar-refractivity contribution in [3.8, 4) is 17.1 Å². The van der Waals surface area contributed by atoms with E-state index in [-0.39, 0.29) is 16.4 Å². The molecule has 0 saturated heterocycles. The van der Waals surface area contributed by atoms with Gasteiger partial charge in [-0.05, 0) is 43.2 Å². The van der Waals surface area contributed by atoms with Crippen LogP contribution < -0.4 is 15.5 Å². The second-order valence-electron chi connectivity index (χ2n) is 7.97. The first-order valence-corrected chi connectivity index (χ1v) is 10.8. The molecular weight excluding hydrogens is 474 g/mol.